The van der Waals surface area contributed by atoms with Crippen molar-refractivity contribution >= 4 is 33.3 Å². The molecule has 30 heavy (non-hydrogen) atoms. The first-order chi connectivity index (χ1) is 14.6. The van der Waals surface area contributed by atoms with Gasteiger partial charge in [-0.15, -0.1) is 0 Å². The molecule has 2 N–H and O–H groups in total. The average Bonchev–Trinajstić information content (AvgIpc) is 3.29. The molecular formula is C21H20BrN7O. The van der Waals surface area contributed by atoms with Gasteiger partial charge in [-0.1, -0.05) is 12.1 Å². The van der Waals surface area contributed by atoms with E-state index in [1.54, 1.807) is 4.68 Å². The molecule has 8 nitrogen and oxygen atoms in total. The first kappa shape index (κ1) is 18.8. The molecule has 9 heteroatoms. The molecule has 152 valence electrons. The van der Waals surface area contributed by atoms with Gasteiger partial charge in [-0.3, -0.25) is 13.9 Å². The van der Waals surface area contributed by atoms with E-state index in [-0.39, 0.29) is 5.91 Å². The first-order valence-electron chi connectivity index (χ1n) is 9.73. The lowest BCUT2D eigenvalue weighted by Gasteiger charge is -2.09. The summed E-state index contributed by atoms with van der Waals surface area (Å²) in [7, 11) is 1.89. The van der Waals surface area contributed by atoms with Crippen LogP contribution >= 0.6 is 15.9 Å². The Bertz CT molecular complexity index is 1220. The number of fused-ring (bicyclic) bond motifs is 1. The molecule has 1 aliphatic rings. The highest BCUT2D eigenvalue weighted by molar-refractivity contribution is 9.10. The number of aromatic nitrogens is 5. The summed E-state index contributed by atoms with van der Waals surface area (Å²) in [6.07, 6.45) is 9.64. The van der Waals surface area contributed by atoms with Gasteiger partial charge < -0.3 is 10.6 Å². The van der Waals surface area contributed by atoms with E-state index in [0.29, 0.717) is 28.6 Å². The Kier molecular flexibility index (Phi) is 4.74. The lowest BCUT2D eigenvalue weighted by molar-refractivity contribution is 0.0951. The minimum Gasteiger partial charge on any atom is -0.363 e. The Labute approximate surface area is 181 Å². The molecule has 1 fully saturated rings. The lowest BCUT2D eigenvalue weighted by atomic mass is 10.1. The molecule has 1 saturated carbocycles. The zero-order valence-electron chi connectivity index (χ0n) is 16.3. The van der Waals surface area contributed by atoms with E-state index >= 15 is 0 Å². The average molecular weight is 466 g/mol. The van der Waals surface area contributed by atoms with Gasteiger partial charge in [0.2, 0.25) is 0 Å². The van der Waals surface area contributed by atoms with E-state index < -0.39 is 0 Å². The van der Waals surface area contributed by atoms with Crippen molar-refractivity contribution in [2.75, 3.05) is 5.32 Å². The van der Waals surface area contributed by atoms with Gasteiger partial charge in [0.15, 0.2) is 11.5 Å². The number of amides is 1. The quantitative estimate of drug-likeness (QED) is 0.455. The molecule has 1 aromatic carbocycles. The Morgan fingerprint density at radius 2 is 2.00 bits per heavy atom. The smallest absolute Gasteiger partial charge is 0.251 e. The first-order valence-corrected chi connectivity index (χ1v) is 10.5. The molecule has 0 bridgehead atoms. The van der Waals surface area contributed by atoms with Gasteiger partial charge in [0.1, 0.15) is 4.60 Å². The van der Waals surface area contributed by atoms with E-state index in [2.05, 4.69) is 41.6 Å². The Balaban J connectivity index is 1.42. The van der Waals surface area contributed by atoms with Crippen LogP contribution < -0.4 is 10.6 Å². The molecule has 1 aliphatic carbocycles. The molecule has 3 heterocycles. The Morgan fingerprint density at radius 3 is 2.70 bits per heavy atom. The number of carbonyl (C=O) groups excluding carboxylic acids is 1. The van der Waals surface area contributed by atoms with Gasteiger partial charge in [-0.25, -0.2) is 9.97 Å². The molecular weight excluding hydrogens is 446 g/mol. The highest BCUT2D eigenvalue weighted by atomic mass is 79.9. The van der Waals surface area contributed by atoms with Gasteiger partial charge >= 0.3 is 0 Å². The van der Waals surface area contributed by atoms with E-state index in [4.69, 9.17) is 0 Å². The predicted octanol–water partition coefficient (Wildman–Crippen LogP) is 3.40. The van der Waals surface area contributed by atoms with Gasteiger partial charge in [0, 0.05) is 48.7 Å². The standard InChI is InChI=1S/C21H20BrN7O/c1-28-11-13(9-25-28)8-23-19-20-24-10-17(29(20)12-18(22)27-19)14-2-4-15(5-3-14)21(30)26-16-6-7-16/h2-5,9-12,16H,6-8H2,1H3,(H,23,27)(H,26,30). The zero-order valence-corrected chi connectivity index (χ0v) is 17.9. The van der Waals surface area contributed by atoms with Crippen LogP contribution in [0.5, 0.6) is 0 Å². The molecule has 4 aromatic rings. The topological polar surface area (TPSA) is 89.1 Å². The SMILES string of the molecule is Cn1cc(CNc2nc(Br)cn3c(-c4ccc(C(=O)NC5CC5)cc4)cnc23)cn1. The zero-order chi connectivity index (χ0) is 20.7. The van der Waals surface area contributed by atoms with Crippen LogP contribution in [-0.2, 0) is 13.6 Å². The van der Waals surface area contributed by atoms with Crippen molar-refractivity contribution < 1.29 is 4.79 Å². The molecule has 0 aliphatic heterocycles. The Hall–Kier alpha value is -3.20. The third-order valence-electron chi connectivity index (χ3n) is 5.04. The second-order valence-electron chi connectivity index (χ2n) is 7.45. The number of hydrogen-bond acceptors (Lipinski definition) is 5. The minimum absolute atomic E-state index is 0.0176. The third-order valence-corrected chi connectivity index (χ3v) is 5.42. The van der Waals surface area contributed by atoms with E-state index in [9.17, 15) is 4.79 Å². The van der Waals surface area contributed by atoms with Crippen LogP contribution in [-0.4, -0.2) is 36.1 Å². The fourth-order valence-electron chi connectivity index (χ4n) is 3.33. The second-order valence-corrected chi connectivity index (χ2v) is 8.26. The molecule has 0 saturated heterocycles. The number of aryl methyl sites for hydroxylation is 1. The molecule has 5 rings (SSSR count). The fraction of sp³-hybridized carbons (Fsp3) is 0.238. The molecule has 0 spiro atoms. The summed E-state index contributed by atoms with van der Waals surface area (Å²) >= 11 is 3.50. The number of imidazole rings is 1. The van der Waals surface area contributed by atoms with E-state index in [1.165, 1.54) is 0 Å². The summed E-state index contributed by atoms with van der Waals surface area (Å²) in [6.45, 7) is 0.597. The fourth-order valence-corrected chi connectivity index (χ4v) is 3.71. The summed E-state index contributed by atoms with van der Waals surface area (Å²) in [5, 5.41) is 10.5. The van der Waals surface area contributed by atoms with Crippen LogP contribution in [0.1, 0.15) is 28.8 Å². The summed E-state index contributed by atoms with van der Waals surface area (Å²) in [5.41, 5.74) is 4.35. The summed E-state index contributed by atoms with van der Waals surface area (Å²) in [4.78, 5) is 21.3. The summed E-state index contributed by atoms with van der Waals surface area (Å²) in [6, 6.07) is 7.94. The van der Waals surface area contributed by atoms with Crippen LogP contribution in [0.15, 0.2) is 53.7 Å². The largest absolute Gasteiger partial charge is 0.363 e. The van der Waals surface area contributed by atoms with E-state index in [0.717, 1.165) is 35.3 Å². The predicted molar refractivity (Wildman–Crippen MR) is 117 cm³/mol. The lowest BCUT2D eigenvalue weighted by Crippen LogP contribution is -2.25. The Morgan fingerprint density at radius 1 is 1.20 bits per heavy atom. The number of benzene rings is 1. The van der Waals surface area contributed by atoms with Crippen LogP contribution in [0.4, 0.5) is 5.82 Å². The van der Waals surface area contributed by atoms with Gasteiger partial charge in [0.25, 0.3) is 5.91 Å². The summed E-state index contributed by atoms with van der Waals surface area (Å²) < 4.78 is 4.45. The number of halogens is 1. The van der Waals surface area contributed by atoms with Gasteiger partial charge in [-0.2, -0.15) is 5.10 Å². The van der Waals surface area contributed by atoms with Crippen LogP contribution in [0.2, 0.25) is 0 Å². The van der Waals surface area contributed by atoms with Crippen molar-refractivity contribution in [3.05, 3.63) is 64.8 Å². The number of rotatable bonds is 6. The van der Waals surface area contributed by atoms with Crippen molar-refractivity contribution in [2.24, 2.45) is 7.05 Å². The maximum atomic E-state index is 12.2. The molecule has 0 atom stereocenters. The van der Waals surface area contributed by atoms with Gasteiger partial charge in [-0.05, 0) is 40.9 Å². The monoisotopic (exact) mass is 465 g/mol. The number of anilines is 1. The number of nitrogens with one attached hydrogen (secondary N) is 2. The van der Waals surface area contributed by atoms with Crippen LogP contribution in [0.3, 0.4) is 0 Å². The third kappa shape index (κ3) is 3.80. The van der Waals surface area contributed by atoms with Crippen molar-refractivity contribution in [2.45, 2.75) is 25.4 Å². The molecule has 0 unspecified atom stereocenters. The maximum Gasteiger partial charge on any atom is 0.251 e. The van der Waals surface area contributed by atoms with Crippen molar-refractivity contribution in [1.82, 2.24) is 29.5 Å². The van der Waals surface area contributed by atoms with Crippen molar-refractivity contribution in [3.8, 4) is 11.3 Å². The van der Waals surface area contributed by atoms with Crippen molar-refractivity contribution in [3.63, 3.8) is 0 Å². The van der Waals surface area contributed by atoms with Crippen LogP contribution in [0, 0.1) is 0 Å². The minimum atomic E-state index is -0.0176. The maximum absolute atomic E-state index is 12.2. The molecule has 1 amide bonds. The second kappa shape index (κ2) is 7.56. The van der Waals surface area contributed by atoms with Crippen molar-refractivity contribution in [1.29, 1.82) is 0 Å². The molecule has 3 aromatic heterocycles. The normalized spacial score (nSPS) is 13.5. The molecule has 0 radical (unpaired) electrons. The highest BCUT2D eigenvalue weighted by Gasteiger charge is 2.23. The number of nitrogens with zero attached hydrogens (tertiary/aromatic N) is 5. The van der Waals surface area contributed by atoms with Crippen LogP contribution in [0.25, 0.3) is 16.9 Å². The number of carbonyl (C=O) groups is 1. The number of hydrogen-bond donors (Lipinski definition) is 2. The highest BCUT2D eigenvalue weighted by Crippen LogP contribution is 2.26. The van der Waals surface area contributed by atoms with E-state index in [1.807, 2.05) is 60.5 Å². The van der Waals surface area contributed by atoms with Gasteiger partial charge in [0.05, 0.1) is 18.1 Å². The summed E-state index contributed by atoms with van der Waals surface area (Å²) in [5.74, 6) is 0.663.